The molecule has 3 rings (SSSR count). The average Bonchev–Trinajstić information content (AvgIpc) is 2.61. The Balaban J connectivity index is 1.67. The van der Waals surface area contributed by atoms with E-state index in [1.807, 2.05) is 0 Å². The van der Waals surface area contributed by atoms with Crippen LogP contribution in [0.4, 0.5) is 25.8 Å². The number of amides is 1. The van der Waals surface area contributed by atoms with Crippen molar-refractivity contribution >= 4 is 34.6 Å². The first-order valence-corrected chi connectivity index (χ1v) is 7.64. The number of aromatic nitrogens is 1. The van der Waals surface area contributed by atoms with Crippen molar-refractivity contribution < 1.29 is 13.6 Å². The van der Waals surface area contributed by atoms with E-state index in [9.17, 15) is 13.6 Å². The van der Waals surface area contributed by atoms with Gasteiger partial charge in [-0.1, -0.05) is 11.6 Å². The first-order chi connectivity index (χ1) is 12.0. The van der Waals surface area contributed by atoms with Crippen LogP contribution in [0.15, 0.2) is 60.8 Å². The Morgan fingerprint density at radius 3 is 2.20 bits per heavy atom. The van der Waals surface area contributed by atoms with Gasteiger partial charge in [0.25, 0.3) is 5.91 Å². The van der Waals surface area contributed by atoms with Crippen molar-refractivity contribution in [3.05, 3.63) is 83.1 Å². The molecule has 0 unspecified atom stereocenters. The van der Waals surface area contributed by atoms with Gasteiger partial charge in [-0.2, -0.15) is 0 Å². The van der Waals surface area contributed by atoms with E-state index in [0.717, 1.165) is 12.1 Å². The van der Waals surface area contributed by atoms with Crippen molar-refractivity contribution in [2.24, 2.45) is 0 Å². The molecule has 3 aromatic rings. The summed E-state index contributed by atoms with van der Waals surface area (Å²) in [7, 11) is 0. The highest BCUT2D eigenvalue weighted by atomic mass is 35.5. The third-order valence-corrected chi connectivity index (χ3v) is 3.56. The smallest absolute Gasteiger partial charge is 0.274 e. The minimum Gasteiger partial charge on any atom is -0.354 e. The fourth-order valence-electron chi connectivity index (χ4n) is 2.07. The van der Waals surface area contributed by atoms with Gasteiger partial charge in [0.2, 0.25) is 0 Å². The molecule has 7 heteroatoms. The maximum absolute atomic E-state index is 13.2. The Labute approximate surface area is 147 Å². The quantitative estimate of drug-likeness (QED) is 0.688. The van der Waals surface area contributed by atoms with Gasteiger partial charge in [-0.3, -0.25) is 4.79 Å². The average molecular weight is 360 g/mol. The second kappa shape index (κ2) is 7.27. The van der Waals surface area contributed by atoms with E-state index >= 15 is 0 Å². The minimum atomic E-state index is -0.947. The highest BCUT2D eigenvalue weighted by Crippen LogP contribution is 2.19. The summed E-state index contributed by atoms with van der Waals surface area (Å²) in [6, 6.07) is 13.3. The number of rotatable bonds is 4. The SMILES string of the molecule is O=C(Nc1ccc(Cl)cc1)c1ccc(Nc2ccc(F)c(F)c2)cn1. The van der Waals surface area contributed by atoms with Crippen molar-refractivity contribution in [2.45, 2.75) is 0 Å². The first kappa shape index (κ1) is 16.9. The maximum Gasteiger partial charge on any atom is 0.274 e. The highest BCUT2D eigenvalue weighted by Gasteiger charge is 2.08. The number of anilines is 3. The maximum atomic E-state index is 13.2. The molecule has 0 aliphatic carbocycles. The lowest BCUT2D eigenvalue weighted by Gasteiger charge is -2.08. The Bertz CT molecular complexity index is 899. The molecule has 0 spiro atoms. The van der Waals surface area contributed by atoms with Crippen molar-refractivity contribution in [1.29, 1.82) is 0 Å². The van der Waals surface area contributed by atoms with E-state index in [1.165, 1.54) is 18.3 Å². The summed E-state index contributed by atoms with van der Waals surface area (Å²) in [6.07, 6.45) is 1.43. The van der Waals surface area contributed by atoms with Crippen LogP contribution in [0.3, 0.4) is 0 Å². The van der Waals surface area contributed by atoms with Crippen LogP contribution >= 0.6 is 11.6 Å². The number of hydrogen-bond acceptors (Lipinski definition) is 3. The van der Waals surface area contributed by atoms with Crippen molar-refractivity contribution in [1.82, 2.24) is 4.98 Å². The lowest BCUT2D eigenvalue weighted by atomic mass is 10.2. The molecule has 25 heavy (non-hydrogen) atoms. The normalized spacial score (nSPS) is 10.4. The summed E-state index contributed by atoms with van der Waals surface area (Å²) in [5, 5.41) is 6.15. The first-order valence-electron chi connectivity index (χ1n) is 7.26. The van der Waals surface area contributed by atoms with Crippen LogP contribution in [-0.2, 0) is 0 Å². The molecule has 0 aliphatic rings. The summed E-state index contributed by atoms with van der Waals surface area (Å²) in [4.78, 5) is 16.2. The number of pyridine rings is 1. The van der Waals surface area contributed by atoms with Crippen molar-refractivity contribution in [3.8, 4) is 0 Å². The summed E-state index contributed by atoms with van der Waals surface area (Å²) in [6.45, 7) is 0. The number of benzene rings is 2. The molecule has 0 fully saturated rings. The Morgan fingerprint density at radius 1 is 0.880 bits per heavy atom. The van der Waals surface area contributed by atoms with Gasteiger partial charge in [0.05, 0.1) is 11.9 Å². The fourth-order valence-corrected chi connectivity index (χ4v) is 2.20. The molecule has 0 saturated heterocycles. The largest absolute Gasteiger partial charge is 0.354 e. The molecule has 2 aromatic carbocycles. The predicted octanol–water partition coefficient (Wildman–Crippen LogP) is 5.01. The number of nitrogens with zero attached hydrogens (tertiary/aromatic N) is 1. The molecule has 0 bridgehead atoms. The van der Waals surface area contributed by atoms with Crippen LogP contribution in [0.2, 0.25) is 5.02 Å². The van der Waals surface area contributed by atoms with Gasteiger partial charge in [0.15, 0.2) is 11.6 Å². The van der Waals surface area contributed by atoms with Gasteiger partial charge in [-0.25, -0.2) is 13.8 Å². The van der Waals surface area contributed by atoms with Gasteiger partial charge in [-0.05, 0) is 48.5 Å². The molecule has 0 radical (unpaired) electrons. The molecule has 1 aromatic heterocycles. The zero-order chi connectivity index (χ0) is 17.8. The summed E-state index contributed by atoms with van der Waals surface area (Å²) >= 11 is 5.79. The van der Waals surface area contributed by atoms with E-state index in [1.54, 1.807) is 30.3 Å². The lowest BCUT2D eigenvalue weighted by molar-refractivity contribution is 0.102. The van der Waals surface area contributed by atoms with Crippen molar-refractivity contribution in [3.63, 3.8) is 0 Å². The molecule has 1 heterocycles. The Hall–Kier alpha value is -2.99. The minimum absolute atomic E-state index is 0.214. The number of carbonyl (C=O) groups is 1. The van der Waals surface area contributed by atoms with Gasteiger partial charge in [-0.15, -0.1) is 0 Å². The van der Waals surface area contributed by atoms with Crippen LogP contribution in [0.5, 0.6) is 0 Å². The highest BCUT2D eigenvalue weighted by molar-refractivity contribution is 6.30. The summed E-state index contributed by atoms with van der Waals surface area (Å²) in [5.74, 6) is -2.24. The predicted molar refractivity (Wildman–Crippen MR) is 93.3 cm³/mol. The van der Waals surface area contributed by atoms with Crippen LogP contribution in [0.1, 0.15) is 10.5 Å². The Morgan fingerprint density at radius 2 is 1.56 bits per heavy atom. The van der Waals surface area contributed by atoms with Crippen LogP contribution in [0, 0.1) is 11.6 Å². The monoisotopic (exact) mass is 359 g/mol. The molecule has 0 aliphatic heterocycles. The lowest BCUT2D eigenvalue weighted by Crippen LogP contribution is -2.13. The third kappa shape index (κ3) is 4.30. The van der Waals surface area contributed by atoms with Gasteiger partial charge in [0, 0.05) is 22.5 Å². The van der Waals surface area contributed by atoms with Crippen molar-refractivity contribution in [2.75, 3.05) is 10.6 Å². The molecule has 1 amide bonds. The molecule has 0 saturated carbocycles. The second-order valence-corrected chi connectivity index (χ2v) is 5.58. The zero-order valence-electron chi connectivity index (χ0n) is 12.8. The molecular formula is C18H12ClF2N3O. The second-order valence-electron chi connectivity index (χ2n) is 5.15. The zero-order valence-corrected chi connectivity index (χ0v) is 13.5. The van der Waals surface area contributed by atoms with E-state index in [2.05, 4.69) is 15.6 Å². The van der Waals surface area contributed by atoms with E-state index in [-0.39, 0.29) is 11.6 Å². The summed E-state index contributed by atoms with van der Waals surface area (Å²) in [5.41, 5.74) is 1.72. The van der Waals surface area contributed by atoms with Crippen LogP contribution in [-0.4, -0.2) is 10.9 Å². The molecule has 126 valence electrons. The standard InChI is InChI=1S/C18H12ClF2N3O/c19-11-1-3-12(4-2-11)24-18(25)17-8-6-14(10-22-17)23-13-5-7-15(20)16(21)9-13/h1-10,23H,(H,24,25). The third-order valence-electron chi connectivity index (χ3n) is 3.31. The molecule has 0 atom stereocenters. The van der Waals surface area contributed by atoms with Gasteiger partial charge < -0.3 is 10.6 Å². The van der Waals surface area contributed by atoms with Crippen LogP contribution in [0.25, 0.3) is 0 Å². The van der Waals surface area contributed by atoms with Crippen LogP contribution < -0.4 is 10.6 Å². The topological polar surface area (TPSA) is 54.0 Å². The van der Waals surface area contributed by atoms with Gasteiger partial charge in [0.1, 0.15) is 5.69 Å². The van der Waals surface area contributed by atoms with Gasteiger partial charge >= 0.3 is 0 Å². The molecule has 2 N–H and O–H groups in total. The van der Waals surface area contributed by atoms with E-state index < -0.39 is 11.6 Å². The fraction of sp³-hybridized carbons (Fsp3) is 0. The van der Waals surface area contributed by atoms with E-state index in [4.69, 9.17) is 11.6 Å². The number of nitrogens with one attached hydrogen (secondary N) is 2. The number of halogens is 3. The molecular weight excluding hydrogens is 348 g/mol. The molecule has 4 nitrogen and oxygen atoms in total. The Kier molecular flexibility index (Phi) is 4.90. The van der Waals surface area contributed by atoms with E-state index in [0.29, 0.717) is 22.1 Å². The number of hydrogen-bond donors (Lipinski definition) is 2. The summed E-state index contributed by atoms with van der Waals surface area (Å²) < 4.78 is 26.1. The number of carbonyl (C=O) groups excluding carboxylic acids is 1.